The molecule has 0 saturated heterocycles. The molecule has 2 amide bonds. The first-order valence-corrected chi connectivity index (χ1v) is 14.2. The van der Waals surface area contributed by atoms with E-state index in [9.17, 15) is 9.59 Å². The molecule has 2 N–H and O–H groups in total. The lowest BCUT2D eigenvalue weighted by atomic mass is 10.1. The molecule has 6 rings (SSSR count). The maximum atomic E-state index is 12.4. The molecule has 2 aromatic carbocycles. The Hall–Kier alpha value is -4.30. The summed E-state index contributed by atoms with van der Waals surface area (Å²) in [5.41, 5.74) is 1.66. The van der Waals surface area contributed by atoms with E-state index in [4.69, 9.17) is 18.9 Å². The molecule has 0 bridgehead atoms. The van der Waals surface area contributed by atoms with Crippen LogP contribution < -0.4 is 29.6 Å². The topological polar surface area (TPSA) is 147 Å². The molecule has 12 nitrogen and oxygen atoms in total. The van der Waals surface area contributed by atoms with Gasteiger partial charge in [-0.25, -0.2) is 0 Å². The third-order valence-electron chi connectivity index (χ3n) is 6.06. The number of nitrogens with zero attached hydrogens (tertiary/aromatic N) is 4. The second-order valence-electron chi connectivity index (χ2n) is 9.03. The Morgan fingerprint density at radius 2 is 1.10 bits per heavy atom. The van der Waals surface area contributed by atoms with Gasteiger partial charge in [0.1, 0.15) is 10.0 Å². The Morgan fingerprint density at radius 3 is 1.57 bits per heavy atom. The quantitative estimate of drug-likeness (QED) is 0.251. The number of hydrogen-bond donors (Lipinski definition) is 2. The van der Waals surface area contributed by atoms with Crippen molar-refractivity contribution in [3.05, 3.63) is 57.5 Å². The van der Waals surface area contributed by atoms with Gasteiger partial charge in [0, 0.05) is 12.8 Å². The number of carbonyl (C=O) groups is 2. The molecule has 0 atom stereocenters. The molecule has 0 saturated carbocycles. The SMILES string of the molecule is O=C(Cc1ccc2c(c1)OCO2)Nc1nnc(CCCCc2nnc(NC(=O)Cc3ccc4c(c3)OCO4)s2)s1. The summed E-state index contributed by atoms with van der Waals surface area (Å²) >= 11 is 2.74. The third kappa shape index (κ3) is 6.46. The highest BCUT2D eigenvalue weighted by Gasteiger charge is 2.17. The highest BCUT2D eigenvalue weighted by molar-refractivity contribution is 7.15. The number of unbranched alkanes of at least 4 members (excludes halogenated alkanes) is 1. The second kappa shape index (κ2) is 11.8. The summed E-state index contributed by atoms with van der Waals surface area (Å²) in [5.74, 6) is 2.33. The molecule has 0 radical (unpaired) electrons. The Bertz CT molecular complexity index is 1430. The number of anilines is 2. The van der Waals surface area contributed by atoms with Crippen LogP contribution >= 0.6 is 22.7 Å². The summed E-state index contributed by atoms with van der Waals surface area (Å²) in [6.07, 6.45) is 3.65. The summed E-state index contributed by atoms with van der Waals surface area (Å²) in [6.45, 7) is 0.394. The summed E-state index contributed by atoms with van der Waals surface area (Å²) in [7, 11) is 0. The van der Waals surface area contributed by atoms with Crippen LogP contribution in [0.15, 0.2) is 36.4 Å². The van der Waals surface area contributed by atoms with Crippen molar-refractivity contribution in [2.45, 2.75) is 38.5 Å². The first-order valence-electron chi connectivity index (χ1n) is 12.6. The first kappa shape index (κ1) is 26.0. The summed E-state index contributed by atoms with van der Waals surface area (Å²) in [4.78, 5) is 24.8. The van der Waals surface area contributed by atoms with Crippen molar-refractivity contribution in [2.75, 3.05) is 24.2 Å². The van der Waals surface area contributed by atoms with Gasteiger partial charge in [0.15, 0.2) is 23.0 Å². The lowest BCUT2D eigenvalue weighted by Gasteiger charge is -2.03. The molecule has 4 heterocycles. The Morgan fingerprint density at radius 1 is 0.650 bits per heavy atom. The van der Waals surface area contributed by atoms with Gasteiger partial charge in [-0.1, -0.05) is 34.8 Å². The van der Waals surface area contributed by atoms with E-state index < -0.39 is 0 Å². The maximum absolute atomic E-state index is 12.4. The molecule has 2 aliphatic rings. The van der Waals surface area contributed by atoms with Gasteiger partial charge in [-0.3, -0.25) is 9.59 Å². The molecule has 206 valence electrons. The van der Waals surface area contributed by atoms with Crippen LogP contribution in [0.4, 0.5) is 10.3 Å². The van der Waals surface area contributed by atoms with Gasteiger partial charge in [0.25, 0.3) is 0 Å². The van der Waals surface area contributed by atoms with Crippen molar-refractivity contribution in [1.82, 2.24) is 20.4 Å². The van der Waals surface area contributed by atoms with Gasteiger partial charge in [-0.15, -0.1) is 20.4 Å². The number of hydrogen-bond acceptors (Lipinski definition) is 12. The van der Waals surface area contributed by atoms with Gasteiger partial charge in [0.05, 0.1) is 12.8 Å². The summed E-state index contributed by atoms with van der Waals surface area (Å²) in [5, 5.41) is 24.8. The standard InChI is InChI=1S/C26H24N6O6S2/c33-21(11-15-5-7-17-19(9-15)37-13-35-17)27-25-31-29-23(39-25)3-1-2-4-24-30-32-26(40-24)28-22(34)12-16-6-8-18-20(10-16)38-14-36-18/h5-10H,1-4,11-14H2,(H,27,31,33)(H,28,32,34). The van der Waals surface area contributed by atoms with Crippen LogP contribution in [-0.4, -0.2) is 45.8 Å². The van der Waals surface area contributed by atoms with Gasteiger partial charge >= 0.3 is 0 Å². The Kier molecular flexibility index (Phi) is 7.68. The van der Waals surface area contributed by atoms with Crippen molar-refractivity contribution >= 4 is 44.8 Å². The minimum atomic E-state index is -0.170. The number of aromatic nitrogens is 4. The predicted molar refractivity (Wildman–Crippen MR) is 146 cm³/mol. The number of fused-ring (bicyclic) bond motifs is 2. The number of carbonyl (C=O) groups excluding carboxylic acids is 2. The van der Waals surface area contributed by atoms with Crippen molar-refractivity contribution in [3.63, 3.8) is 0 Å². The first-order chi connectivity index (χ1) is 19.6. The molecule has 14 heteroatoms. The van der Waals surface area contributed by atoms with Gasteiger partial charge in [-0.05, 0) is 48.2 Å². The van der Waals surface area contributed by atoms with Gasteiger partial charge in [0.2, 0.25) is 35.7 Å². The van der Waals surface area contributed by atoms with Crippen LogP contribution in [-0.2, 0) is 35.3 Å². The Labute approximate surface area is 236 Å². The molecule has 2 aliphatic heterocycles. The Balaban J connectivity index is 0.900. The van der Waals surface area contributed by atoms with Crippen LogP contribution in [0.25, 0.3) is 0 Å². The molecule has 0 spiro atoms. The highest BCUT2D eigenvalue weighted by Crippen LogP contribution is 2.33. The monoisotopic (exact) mass is 580 g/mol. The molecule has 0 fully saturated rings. The zero-order valence-electron chi connectivity index (χ0n) is 21.2. The smallest absolute Gasteiger partial charge is 0.231 e. The number of benzene rings is 2. The molecule has 0 unspecified atom stereocenters. The van der Waals surface area contributed by atoms with Crippen molar-refractivity contribution in [2.24, 2.45) is 0 Å². The van der Waals surface area contributed by atoms with Crippen LogP contribution in [0, 0.1) is 0 Å². The van der Waals surface area contributed by atoms with E-state index in [0.29, 0.717) is 33.3 Å². The molecule has 40 heavy (non-hydrogen) atoms. The number of rotatable bonds is 11. The summed E-state index contributed by atoms with van der Waals surface area (Å²) < 4.78 is 21.3. The summed E-state index contributed by atoms with van der Waals surface area (Å²) in [6, 6.07) is 10.9. The van der Waals surface area contributed by atoms with Crippen molar-refractivity contribution in [3.8, 4) is 23.0 Å². The molecule has 4 aromatic rings. The van der Waals surface area contributed by atoms with Gasteiger partial charge < -0.3 is 29.6 Å². The number of aryl methyl sites for hydroxylation is 2. The average Bonchev–Trinajstić information content (AvgIpc) is 3.74. The van der Waals surface area contributed by atoms with E-state index in [1.165, 1.54) is 22.7 Å². The predicted octanol–water partition coefficient (Wildman–Crippen LogP) is 3.77. The van der Waals surface area contributed by atoms with Gasteiger partial charge in [-0.2, -0.15) is 0 Å². The zero-order chi connectivity index (χ0) is 27.3. The van der Waals surface area contributed by atoms with Crippen LogP contribution in [0.2, 0.25) is 0 Å². The van der Waals surface area contributed by atoms with E-state index in [1.54, 1.807) is 12.1 Å². The fraction of sp³-hybridized carbons (Fsp3) is 0.308. The zero-order valence-corrected chi connectivity index (χ0v) is 22.8. The number of amides is 2. The second-order valence-corrected chi connectivity index (χ2v) is 11.2. The molecule has 0 aliphatic carbocycles. The van der Waals surface area contributed by atoms with Crippen LogP contribution in [0.1, 0.15) is 34.0 Å². The highest BCUT2D eigenvalue weighted by atomic mass is 32.1. The lowest BCUT2D eigenvalue weighted by molar-refractivity contribution is -0.116. The van der Waals surface area contributed by atoms with Crippen LogP contribution in [0.5, 0.6) is 23.0 Å². The number of ether oxygens (including phenoxy) is 4. The molecular formula is C26H24N6O6S2. The van der Waals surface area contributed by atoms with Crippen molar-refractivity contribution in [1.29, 1.82) is 0 Å². The molecular weight excluding hydrogens is 556 g/mol. The average molecular weight is 581 g/mol. The van der Waals surface area contributed by atoms with E-state index in [-0.39, 0.29) is 38.2 Å². The fourth-order valence-electron chi connectivity index (χ4n) is 4.16. The van der Waals surface area contributed by atoms with E-state index >= 15 is 0 Å². The lowest BCUT2D eigenvalue weighted by Crippen LogP contribution is -2.14. The van der Waals surface area contributed by atoms with Crippen LogP contribution in [0.3, 0.4) is 0 Å². The normalized spacial score (nSPS) is 12.9. The van der Waals surface area contributed by atoms with E-state index in [1.807, 2.05) is 24.3 Å². The largest absolute Gasteiger partial charge is 0.454 e. The van der Waals surface area contributed by atoms with Crippen molar-refractivity contribution < 1.29 is 28.5 Å². The van der Waals surface area contributed by atoms with E-state index in [0.717, 1.165) is 46.8 Å². The molecule has 2 aromatic heterocycles. The minimum Gasteiger partial charge on any atom is -0.454 e. The third-order valence-corrected chi connectivity index (χ3v) is 7.86. The minimum absolute atomic E-state index is 0.170. The fourth-order valence-corrected chi connectivity index (χ4v) is 5.76. The van der Waals surface area contributed by atoms with E-state index in [2.05, 4.69) is 31.0 Å². The maximum Gasteiger partial charge on any atom is 0.231 e. The number of nitrogens with one attached hydrogen (secondary N) is 2.